The lowest BCUT2D eigenvalue weighted by atomic mass is 9.99. The van der Waals surface area contributed by atoms with Crippen molar-refractivity contribution < 1.29 is 4.79 Å². The zero-order chi connectivity index (χ0) is 20.1. The summed E-state index contributed by atoms with van der Waals surface area (Å²) in [5, 5.41) is 16.6. The van der Waals surface area contributed by atoms with Crippen LogP contribution in [-0.4, -0.2) is 25.5 Å². The number of benzene rings is 1. The van der Waals surface area contributed by atoms with E-state index in [0.717, 1.165) is 17.8 Å². The van der Waals surface area contributed by atoms with Gasteiger partial charge in [0.1, 0.15) is 0 Å². The number of carbonyl (C=O) groups excluding carboxylic acids is 1. The minimum Gasteiger partial charge on any atom is -0.321 e. The van der Waals surface area contributed by atoms with Crippen LogP contribution in [-0.2, 0) is 6.54 Å². The summed E-state index contributed by atoms with van der Waals surface area (Å²) in [5.41, 5.74) is 2.67. The van der Waals surface area contributed by atoms with E-state index < -0.39 is 0 Å². The van der Waals surface area contributed by atoms with Gasteiger partial charge in [-0.25, -0.2) is 9.97 Å². The number of carbonyl (C=O) groups is 1. The average Bonchev–Trinajstić information content (AvgIpc) is 3.17. The maximum atomic E-state index is 12.2. The molecule has 2 heterocycles. The van der Waals surface area contributed by atoms with Gasteiger partial charge in [0.2, 0.25) is 5.95 Å². The molecule has 0 amide bonds. The van der Waals surface area contributed by atoms with Crippen molar-refractivity contribution in [3.05, 3.63) is 53.4 Å². The highest BCUT2D eigenvalue weighted by Gasteiger charge is 2.13. The second kappa shape index (κ2) is 8.63. The topological polar surface area (TPSA) is 96.5 Å². The van der Waals surface area contributed by atoms with Crippen LogP contribution >= 0.6 is 11.6 Å². The van der Waals surface area contributed by atoms with Gasteiger partial charge in [0, 0.05) is 30.3 Å². The molecule has 0 radical (unpaired) electrons. The third-order valence-electron chi connectivity index (χ3n) is 4.15. The van der Waals surface area contributed by atoms with Gasteiger partial charge in [-0.15, -0.1) is 0 Å². The standard InChI is InChI=1S/C20H19ClN6O/c1-3-27-12-16(10-24-27)25-20-23-11-17(21)19(26-20)15-6-4-14(5-7-15)18(28)8-13(2)9-22/h4-7,10-13H,3,8H2,1-2H3,(H,23,25,26)/t13-/m1/s1. The van der Waals surface area contributed by atoms with Crippen LogP contribution < -0.4 is 5.32 Å². The number of nitriles is 1. The maximum Gasteiger partial charge on any atom is 0.227 e. The third kappa shape index (κ3) is 4.53. The Labute approximate surface area is 168 Å². The van der Waals surface area contributed by atoms with Gasteiger partial charge >= 0.3 is 0 Å². The lowest BCUT2D eigenvalue weighted by molar-refractivity contribution is 0.0973. The largest absolute Gasteiger partial charge is 0.321 e. The maximum absolute atomic E-state index is 12.2. The first kappa shape index (κ1) is 19.5. The van der Waals surface area contributed by atoms with Crippen LogP contribution in [0.5, 0.6) is 0 Å². The molecule has 7 nitrogen and oxygen atoms in total. The molecule has 0 bridgehead atoms. The Balaban J connectivity index is 1.81. The van der Waals surface area contributed by atoms with Crippen LogP contribution in [0.25, 0.3) is 11.3 Å². The first-order valence-corrected chi connectivity index (χ1v) is 9.23. The number of rotatable bonds is 7. The number of aromatic nitrogens is 4. The second-order valence-corrected chi connectivity index (χ2v) is 6.74. The summed E-state index contributed by atoms with van der Waals surface area (Å²) in [6, 6.07) is 9.09. The van der Waals surface area contributed by atoms with E-state index in [-0.39, 0.29) is 18.1 Å². The monoisotopic (exact) mass is 394 g/mol. The number of aryl methyl sites for hydroxylation is 1. The van der Waals surface area contributed by atoms with Gasteiger partial charge in [-0.3, -0.25) is 9.48 Å². The highest BCUT2D eigenvalue weighted by Crippen LogP contribution is 2.27. The zero-order valence-electron chi connectivity index (χ0n) is 15.6. The minimum absolute atomic E-state index is 0.0651. The first-order valence-electron chi connectivity index (χ1n) is 8.85. The zero-order valence-corrected chi connectivity index (χ0v) is 16.3. The highest BCUT2D eigenvalue weighted by atomic mass is 35.5. The van der Waals surface area contributed by atoms with E-state index in [1.165, 1.54) is 6.20 Å². The number of hydrogen-bond acceptors (Lipinski definition) is 6. The molecule has 142 valence electrons. The highest BCUT2D eigenvalue weighted by molar-refractivity contribution is 6.32. The number of ketones is 1. The number of nitrogens with zero attached hydrogens (tertiary/aromatic N) is 5. The summed E-state index contributed by atoms with van der Waals surface area (Å²) < 4.78 is 1.79. The number of Topliss-reactive ketones (excluding diaryl/α,β-unsaturated/α-hetero) is 1. The molecular formula is C20H19ClN6O. The molecule has 0 saturated carbocycles. The van der Waals surface area contributed by atoms with Crippen molar-refractivity contribution in [1.29, 1.82) is 5.26 Å². The van der Waals surface area contributed by atoms with Crippen LogP contribution in [0.4, 0.5) is 11.6 Å². The number of hydrogen-bond donors (Lipinski definition) is 1. The molecule has 0 spiro atoms. The third-order valence-corrected chi connectivity index (χ3v) is 4.43. The summed E-state index contributed by atoms with van der Waals surface area (Å²) in [5.74, 6) is 0.0249. The van der Waals surface area contributed by atoms with Crippen LogP contribution in [0.15, 0.2) is 42.9 Å². The van der Waals surface area contributed by atoms with E-state index in [9.17, 15) is 4.79 Å². The van der Waals surface area contributed by atoms with Crippen LogP contribution in [0.1, 0.15) is 30.6 Å². The number of halogens is 1. The summed E-state index contributed by atoms with van der Waals surface area (Å²) in [7, 11) is 0. The molecule has 1 atom stereocenters. The van der Waals surface area contributed by atoms with Crippen LogP contribution in [0, 0.1) is 17.2 Å². The first-order chi connectivity index (χ1) is 13.5. The van der Waals surface area contributed by atoms with Gasteiger partial charge in [-0.1, -0.05) is 35.9 Å². The van der Waals surface area contributed by atoms with Crippen LogP contribution in [0.2, 0.25) is 5.02 Å². The van der Waals surface area contributed by atoms with E-state index in [1.807, 2.05) is 13.1 Å². The molecule has 3 aromatic rings. The van der Waals surface area contributed by atoms with Gasteiger partial charge in [-0.2, -0.15) is 10.4 Å². The van der Waals surface area contributed by atoms with Crippen molar-refractivity contribution in [2.75, 3.05) is 5.32 Å². The molecule has 0 aliphatic heterocycles. The van der Waals surface area contributed by atoms with Gasteiger partial charge < -0.3 is 5.32 Å². The van der Waals surface area contributed by atoms with E-state index in [2.05, 4.69) is 26.5 Å². The molecule has 1 N–H and O–H groups in total. The normalized spacial score (nSPS) is 11.6. The molecule has 0 saturated heterocycles. The molecule has 0 unspecified atom stereocenters. The van der Waals surface area contributed by atoms with Crippen molar-refractivity contribution >= 4 is 29.0 Å². The summed E-state index contributed by atoms with van der Waals surface area (Å²) in [6.45, 7) is 4.50. The Morgan fingerprint density at radius 1 is 1.32 bits per heavy atom. The molecule has 1 aromatic carbocycles. The van der Waals surface area contributed by atoms with E-state index >= 15 is 0 Å². The van der Waals surface area contributed by atoms with E-state index in [1.54, 1.807) is 42.1 Å². The minimum atomic E-state index is -0.311. The molecule has 3 rings (SSSR count). The molecule has 0 aliphatic carbocycles. The van der Waals surface area contributed by atoms with Gasteiger partial charge in [0.15, 0.2) is 5.78 Å². The van der Waals surface area contributed by atoms with E-state index in [0.29, 0.717) is 22.2 Å². The summed E-state index contributed by atoms with van der Waals surface area (Å²) in [4.78, 5) is 20.9. The van der Waals surface area contributed by atoms with Gasteiger partial charge in [-0.05, 0) is 13.8 Å². The van der Waals surface area contributed by atoms with Crippen molar-refractivity contribution in [2.24, 2.45) is 5.92 Å². The van der Waals surface area contributed by atoms with E-state index in [4.69, 9.17) is 16.9 Å². The molecule has 0 aliphatic rings. The lowest BCUT2D eigenvalue weighted by Crippen LogP contribution is -2.04. The Hall–Kier alpha value is -3.24. The smallest absolute Gasteiger partial charge is 0.227 e. The van der Waals surface area contributed by atoms with Crippen molar-refractivity contribution in [2.45, 2.75) is 26.8 Å². The fraction of sp³-hybridized carbons (Fsp3) is 0.250. The van der Waals surface area contributed by atoms with Crippen molar-refractivity contribution in [1.82, 2.24) is 19.7 Å². The fourth-order valence-electron chi connectivity index (χ4n) is 2.62. The average molecular weight is 395 g/mol. The van der Waals surface area contributed by atoms with Crippen LogP contribution in [0.3, 0.4) is 0 Å². The lowest BCUT2D eigenvalue weighted by Gasteiger charge is -2.08. The molecule has 8 heteroatoms. The fourth-order valence-corrected chi connectivity index (χ4v) is 2.82. The predicted molar refractivity (Wildman–Crippen MR) is 107 cm³/mol. The molecular weight excluding hydrogens is 376 g/mol. The van der Waals surface area contributed by atoms with Gasteiger partial charge in [0.25, 0.3) is 0 Å². The Bertz CT molecular complexity index is 1020. The summed E-state index contributed by atoms with van der Waals surface area (Å²) >= 11 is 6.28. The van der Waals surface area contributed by atoms with Crippen molar-refractivity contribution in [3.8, 4) is 17.3 Å². The summed E-state index contributed by atoms with van der Waals surface area (Å²) in [6.07, 6.45) is 5.29. The number of nitrogens with one attached hydrogen (secondary N) is 1. The van der Waals surface area contributed by atoms with Gasteiger partial charge in [0.05, 0.1) is 40.8 Å². The SMILES string of the molecule is CCn1cc(Nc2ncc(Cl)c(-c3ccc(C(=O)C[C@@H](C)C#N)cc3)n2)cn1. The quantitative estimate of drug-likeness (QED) is 0.593. The van der Waals surface area contributed by atoms with Crippen molar-refractivity contribution in [3.63, 3.8) is 0 Å². The second-order valence-electron chi connectivity index (χ2n) is 6.33. The predicted octanol–water partition coefficient (Wildman–Crippen LogP) is 4.49. The molecule has 28 heavy (non-hydrogen) atoms. The number of anilines is 2. The Kier molecular flexibility index (Phi) is 6.02. The molecule has 2 aromatic heterocycles. The Morgan fingerprint density at radius 2 is 2.07 bits per heavy atom. The molecule has 0 fully saturated rings. The Morgan fingerprint density at radius 3 is 2.71 bits per heavy atom.